The van der Waals surface area contributed by atoms with Gasteiger partial charge in [-0.2, -0.15) is 0 Å². The summed E-state index contributed by atoms with van der Waals surface area (Å²) in [6.45, 7) is 3.35. The number of aliphatic hydroxyl groups is 1. The highest BCUT2D eigenvalue weighted by atomic mass is 35.5. The number of furan rings is 1. The normalized spacial score (nSPS) is 13.5. The molecule has 1 unspecified atom stereocenters. The van der Waals surface area contributed by atoms with Crippen LogP contribution in [0.15, 0.2) is 16.5 Å². The van der Waals surface area contributed by atoms with E-state index in [4.69, 9.17) is 21.1 Å². The summed E-state index contributed by atoms with van der Waals surface area (Å²) in [5.74, 6) is 0.850. The zero-order chi connectivity index (χ0) is 10.6. The van der Waals surface area contributed by atoms with Gasteiger partial charge in [0.2, 0.25) is 0 Å². The van der Waals surface area contributed by atoms with Crippen molar-refractivity contribution in [3.8, 4) is 0 Å². The van der Waals surface area contributed by atoms with Gasteiger partial charge in [-0.05, 0) is 44.1 Å². The van der Waals surface area contributed by atoms with Crippen molar-refractivity contribution in [3.05, 3.63) is 23.1 Å². The smallest absolute Gasteiger partial charge is 0.193 e. The molecule has 0 aromatic carbocycles. The van der Waals surface area contributed by atoms with Crippen LogP contribution in [0.5, 0.6) is 0 Å². The standard InChI is InChI=1S/C10H16ClNO2/c1-8(13)5-6-12(2)7-9-3-4-10(11)14-9/h3-4,8,13H,5-7H2,1-2H3. The summed E-state index contributed by atoms with van der Waals surface area (Å²) < 4.78 is 5.22. The van der Waals surface area contributed by atoms with E-state index in [1.54, 1.807) is 13.0 Å². The molecule has 0 aliphatic heterocycles. The number of hydrogen-bond acceptors (Lipinski definition) is 3. The predicted molar refractivity (Wildman–Crippen MR) is 56.3 cm³/mol. The minimum absolute atomic E-state index is 0.252. The Hall–Kier alpha value is -0.510. The average Bonchev–Trinajstić information content (AvgIpc) is 2.48. The molecule has 1 aromatic heterocycles. The quantitative estimate of drug-likeness (QED) is 0.821. The molecule has 0 aliphatic rings. The lowest BCUT2D eigenvalue weighted by Gasteiger charge is -2.15. The van der Waals surface area contributed by atoms with Crippen molar-refractivity contribution < 1.29 is 9.52 Å². The van der Waals surface area contributed by atoms with E-state index in [9.17, 15) is 0 Å². The molecule has 80 valence electrons. The molecule has 1 atom stereocenters. The Bertz CT molecular complexity index is 273. The van der Waals surface area contributed by atoms with E-state index < -0.39 is 0 Å². The maximum absolute atomic E-state index is 9.10. The van der Waals surface area contributed by atoms with Gasteiger partial charge >= 0.3 is 0 Å². The highest BCUT2D eigenvalue weighted by Crippen LogP contribution is 2.14. The van der Waals surface area contributed by atoms with Crippen LogP contribution >= 0.6 is 11.6 Å². The van der Waals surface area contributed by atoms with Gasteiger partial charge in [-0.3, -0.25) is 4.90 Å². The molecule has 0 aliphatic carbocycles. The van der Waals surface area contributed by atoms with Gasteiger partial charge in [-0.25, -0.2) is 0 Å². The second-order valence-electron chi connectivity index (χ2n) is 3.58. The van der Waals surface area contributed by atoms with Gasteiger partial charge in [0, 0.05) is 6.54 Å². The van der Waals surface area contributed by atoms with Crippen molar-refractivity contribution in [2.24, 2.45) is 0 Å². The molecule has 1 N–H and O–H groups in total. The molecule has 3 nitrogen and oxygen atoms in total. The molecule has 1 aromatic rings. The monoisotopic (exact) mass is 217 g/mol. The summed E-state index contributed by atoms with van der Waals surface area (Å²) in [4.78, 5) is 2.09. The number of hydrogen-bond donors (Lipinski definition) is 1. The van der Waals surface area contributed by atoms with Crippen LogP contribution in [0.25, 0.3) is 0 Å². The summed E-state index contributed by atoms with van der Waals surface area (Å²) in [6, 6.07) is 3.60. The van der Waals surface area contributed by atoms with Gasteiger partial charge in [0.05, 0.1) is 12.6 Å². The Morgan fingerprint density at radius 1 is 1.57 bits per heavy atom. The second-order valence-corrected chi connectivity index (χ2v) is 3.95. The van der Waals surface area contributed by atoms with Crippen LogP contribution in [0, 0.1) is 0 Å². The van der Waals surface area contributed by atoms with Crippen LogP contribution in [0.3, 0.4) is 0 Å². The van der Waals surface area contributed by atoms with E-state index in [0.717, 1.165) is 25.3 Å². The lowest BCUT2D eigenvalue weighted by molar-refractivity contribution is 0.160. The number of rotatable bonds is 5. The van der Waals surface area contributed by atoms with E-state index in [1.807, 2.05) is 13.1 Å². The highest BCUT2D eigenvalue weighted by Gasteiger charge is 2.05. The Balaban J connectivity index is 2.30. The first kappa shape index (κ1) is 11.6. The lowest BCUT2D eigenvalue weighted by atomic mass is 10.3. The van der Waals surface area contributed by atoms with Gasteiger partial charge < -0.3 is 9.52 Å². The molecule has 1 rings (SSSR count). The Kier molecular flexibility index (Phi) is 4.45. The summed E-state index contributed by atoms with van der Waals surface area (Å²) in [5.41, 5.74) is 0. The summed E-state index contributed by atoms with van der Waals surface area (Å²) in [7, 11) is 1.98. The fourth-order valence-corrected chi connectivity index (χ4v) is 1.35. The number of halogens is 1. The van der Waals surface area contributed by atoms with Crippen molar-refractivity contribution in [3.63, 3.8) is 0 Å². The largest absolute Gasteiger partial charge is 0.448 e. The van der Waals surface area contributed by atoms with E-state index >= 15 is 0 Å². The maximum atomic E-state index is 9.10. The van der Waals surface area contributed by atoms with Crippen LogP contribution in [-0.4, -0.2) is 29.7 Å². The lowest BCUT2D eigenvalue weighted by Crippen LogP contribution is -2.21. The van der Waals surface area contributed by atoms with Gasteiger partial charge in [0.1, 0.15) is 5.76 Å². The third-order valence-electron chi connectivity index (χ3n) is 1.98. The van der Waals surface area contributed by atoms with E-state index in [0.29, 0.717) is 5.22 Å². The molecule has 0 saturated carbocycles. The third kappa shape index (κ3) is 4.13. The van der Waals surface area contributed by atoms with Crippen molar-refractivity contribution in [2.75, 3.05) is 13.6 Å². The minimum atomic E-state index is -0.252. The molecule has 0 bridgehead atoms. The van der Waals surface area contributed by atoms with Crippen LogP contribution in [0.2, 0.25) is 5.22 Å². The molecule has 0 amide bonds. The summed E-state index contributed by atoms with van der Waals surface area (Å²) in [5, 5.41) is 9.52. The van der Waals surface area contributed by atoms with Gasteiger partial charge in [0.15, 0.2) is 5.22 Å². The highest BCUT2D eigenvalue weighted by molar-refractivity contribution is 6.28. The first-order chi connectivity index (χ1) is 6.58. The molecule has 1 heterocycles. The third-order valence-corrected chi connectivity index (χ3v) is 2.19. The number of aliphatic hydroxyl groups excluding tert-OH is 1. The van der Waals surface area contributed by atoms with Crippen LogP contribution in [-0.2, 0) is 6.54 Å². The predicted octanol–water partition coefficient (Wildman–Crippen LogP) is 2.14. The van der Waals surface area contributed by atoms with Crippen LogP contribution in [0.4, 0.5) is 0 Å². The van der Waals surface area contributed by atoms with Crippen molar-refractivity contribution in [1.82, 2.24) is 4.90 Å². The molecule has 0 fully saturated rings. The molecular formula is C10H16ClNO2. The topological polar surface area (TPSA) is 36.6 Å². The van der Waals surface area contributed by atoms with Gasteiger partial charge in [0.25, 0.3) is 0 Å². The SMILES string of the molecule is CC(O)CCN(C)Cc1ccc(Cl)o1. The summed E-state index contributed by atoms with van der Waals surface area (Å²) >= 11 is 5.65. The average molecular weight is 218 g/mol. The molecule has 0 radical (unpaired) electrons. The first-order valence-electron chi connectivity index (χ1n) is 4.68. The fraction of sp³-hybridized carbons (Fsp3) is 0.600. The van der Waals surface area contributed by atoms with Crippen LogP contribution < -0.4 is 0 Å². The Morgan fingerprint density at radius 2 is 2.29 bits per heavy atom. The van der Waals surface area contributed by atoms with E-state index in [-0.39, 0.29) is 6.10 Å². The molecule has 4 heteroatoms. The molecule has 14 heavy (non-hydrogen) atoms. The molecule has 0 saturated heterocycles. The van der Waals surface area contributed by atoms with Crippen molar-refractivity contribution in [1.29, 1.82) is 0 Å². The van der Waals surface area contributed by atoms with E-state index in [1.165, 1.54) is 0 Å². The van der Waals surface area contributed by atoms with Gasteiger partial charge in [-0.15, -0.1) is 0 Å². The zero-order valence-electron chi connectivity index (χ0n) is 8.53. The maximum Gasteiger partial charge on any atom is 0.193 e. The summed E-state index contributed by atoms with van der Waals surface area (Å²) in [6.07, 6.45) is 0.517. The molecular weight excluding hydrogens is 202 g/mol. The van der Waals surface area contributed by atoms with Crippen molar-refractivity contribution in [2.45, 2.75) is 26.0 Å². The Morgan fingerprint density at radius 3 is 2.79 bits per heavy atom. The molecule has 0 spiro atoms. The Labute approximate surface area is 89.3 Å². The van der Waals surface area contributed by atoms with Gasteiger partial charge in [-0.1, -0.05) is 0 Å². The van der Waals surface area contributed by atoms with Crippen LogP contribution in [0.1, 0.15) is 19.1 Å². The fourth-order valence-electron chi connectivity index (χ4n) is 1.19. The minimum Gasteiger partial charge on any atom is -0.448 e. The van der Waals surface area contributed by atoms with E-state index in [2.05, 4.69) is 4.90 Å². The second kappa shape index (κ2) is 5.39. The van der Waals surface area contributed by atoms with Crippen molar-refractivity contribution >= 4 is 11.6 Å². The number of nitrogens with zero attached hydrogens (tertiary/aromatic N) is 1. The zero-order valence-corrected chi connectivity index (χ0v) is 9.29. The first-order valence-corrected chi connectivity index (χ1v) is 5.06.